The molecule has 0 bridgehead atoms. The minimum absolute atomic E-state index is 0.0778. The fourth-order valence-electron chi connectivity index (χ4n) is 3.52. The van der Waals surface area contributed by atoms with Crippen LogP contribution in [0.2, 0.25) is 0 Å². The molecule has 1 saturated heterocycles. The second kappa shape index (κ2) is 8.96. The third-order valence-electron chi connectivity index (χ3n) is 5.15. The van der Waals surface area contributed by atoms with Crippen LogP contribution in [0, 0.1) is 0 Å². The summed E-state index contributed by atoms with van der Waals surface area (Å²) in [4.78, 5) is 21.0. The van der Waals surface area contributed by atoms with E-state index in [1.807, 2.05) is 42.0 Å². The summed E-state index contributed by atoms with van der Waals surface area (Å²) < 4.78 is 7.39. The molecule has 0 spiro atoms. The number of amides is 2. The monoisotopic (exact) mass is 393 g/mol. The minimum Gasteiger partial charge on any atom is -0.378 e. The number of fused-ring (bicyclic) bond motifs is 1. The maximum absolute atomic E-state index is 12.4. The molecule has 0 atom stereocenters. The lowest BCUT2D eigenvalue weighted by Crippen LogP contribution is -2.38. The van der Waals surface area contributed by atoms with Gasteiger partial charge in [0.25, 0.3) is 0 Å². The Hall–Kier alpha value is -3.06. The van der Waals surface area contributed by atoms with Gasteiger partial charge >= 0.3 is 6.03 Å². The van der Waals surface area contributed by atoms with Crippen LogP contribution in [0.15, 0.2) is 54.9 Å². The maximum Gasteiger partial charge on any atom is 0.317 e. The SMILES string of the molecule is CN(Cc1ccc(N2CCOCC2)cc1)C(=O)NCCc1cn2ccccc2n1. The fraction of sp³-hybridized carbons (Fsp3) is 0.364. The molecule has 3 aromatic rings. The minimum atomic E-state index is -0.0778. The second-order valence-corrected chi connectivity index (χ2v) is 7.30. The Labute approximate surface area is 170 Å². The van der Waals surface area contributed by atoms with E-state index >= 15 is 0 Å². The molecule has 1 aromatic carbocycles. The maximum atomic E-state index is 12.4. The molecule has 152 valence electrons. The van der Waals surface area contributed by atoms with Crippen molar-refractivity contribution in [3.63, 3.8) is 0 Å². The number of carbonyl (C=O) groups is 1. The number of imidazole rings is 1. The second-order valence-electron chi connectivity index (χ2n) is 7.30. The number of rotatable bonds is 6. The van der Waals surface area contributed by atoms with E-state index in [0.29, 0.717) is 19.5 Å². The van der Waals surface area contributed by atoms with Gasteiger partial charge in [0, 0.05) is 57.7 Å². The molecule has 2 amide bonds. The highest BCUT2D eigenvalue weighted by atomic mass is 16.5. The van der Waals surface area contributed by atoms with Gasteiger partial charge in [-0.1, -0.05) is 18.2 Å². The third kappa shape index (κ3) is 4.86. The number of urea groups is 1. The highest BCUT2D eigenvalue weighted by Gasteiger charge is 2.12. The number of hydrogen-bond acceptors (Lipinski definition) is 4. The van der Waals surface area contributed by atoms with Gasteiger partial charge in [0.2, 0.25) is 0 Å². The lowest BCUT2D eigenvalue weighted by Gasteiger charge is -2.29. The van der Waals surface area contributed by atoms with Crippen molar-refractivity contribution in [2.75, 3.05) is 44.8 Å². The quantitative estimate of drug-likeness (QED) is 0.699. The van der Waals surface area contributed by atoms with E-state index in [2.05, 4.69) is 39.5 Å². The van der Waals surface area contributed by atoms with E-state index < -0.39 is 0 Å². The van der Waals surface area contributed by atoms with Gasteiger partial charge in [-0.3, -0.25) is 0 Å². The highest BCUT2D eigenvalue weighted by molar-refractivity contribution is 5.73. The number of anilines is 1. The van der Waals surface area contributed by atoms with Gasteiger partial charge in [0.15, 0.2) is 0 Å². The van der Waals surface area contributed by atoms with Gasteiger partial charge in [-0.2, -0.15) is 0 Å². The van der Waals surface area contributed by atoms with E-state index in [1.165, 1.54) is 5.69 Å². The number of morpholine rings is 1. The molecule has 2 aromatic heterocycles. The standard InChI is InChI=1S/C22H27N5O2/c1-25(16-18-5-7-20(8-6-18)26-12-14-29-15-13-26)22(28)23-10-9-19-17-27-11-3-2-4-21(27)24-19/h2-8,11,17H,9-10,12-16H2,1H3,(H,23,28). The van der Waals surface area contributed by atoms with E-state index in [4.69, 9.17) is 4.74 Å². The van der Waals surface area contributed by atoms with Gasteiger partial charge in [-0.05, 0) is 29.8 Å². The molecule has 1 N–H and O–H groups in total. The van der Waals surface area contributed by atoms with E-state index in [1.54, 1.807) is 4.90 Å². The Morgan fingerprint density at radius 3 is 2.72 bits per heavy atom. The topological polar surface area (TPSA) is 62.1 Å². The zero-order chi connectivity index (χ0) is 20.1. The largest absolute Gasteiger partial charge is 0.378 e. The van der Waals surface area contributed by atoms with Crippen molar-refractivity contribution in [3.05, 3.63) is 66.1 Å². The molecule has 0 radical (unpaired) electrons. The van der Waals surface area contributed by atoms with Crippen molar-refractivity contribution in [2.45, 2.75) is 13.0 Å². The smallest absolute Gasteiger partial charge is 0.317 e. The highest BCUT2D eigenvalue weighted by Crippen LogP contribution is 2.17. The van der Waals surface area contributed by atoms with Crippen molar-refractivity contribution in [2.24, 2.45) is 0 Å². The number of aromatic nitrogens is 2. The summed E-state index contributed by atoms with van der Waals surface area (Å²) >= 11 is 0. The predicted molar refractivity (Wildman–Crippen MR) is 113 cm³/mol. The molecule has 7 heteroatoms. The summed E-state index contributed by atoms with van der Waals surface area (Å²) in [6, 6.07) is 14.3. The van der Waals surface area contributed by atoms with Crippen LogP contribution in [0.5, 0.6) is 0 Å². The van der Waals surface area contributed by atoms with Crippen LogP contribution in [0.4, 0.5) is 10.5 Å². The Bertz CT molecular complexity index is 914. The Morgan fingerprint density at radius 1 is 1.17 bits per heavy atom. The fourth-order valence-corrected chi connectivity index (χ4v) is 3.52. The van der Waals surface area contributed by atoms with Gasteiger partial charge in [0.05, 0.1) is 18.9 Å². The van der Waals surface area contributed by atoms with Gasteiger partial charge in [-0.25, -0.2) is 9.78 Å². The molecule has 7 nitrogen and oxygen atoms in total. The number of hydrogen-bond donors (Lipinski definition) is 1. The first kappa shape index (κ1) is 19.3. The van der Waals surface area contributed by atoms with Crippen molar-refractivity contribution >= 4 is 17.4 Å². The van der Waals surface area contributed by atoms with E-state index in [9.17, 15) is 4.79 Å². The number of carbonyl (C=O) groups excluding carboxylic acids is 1. The predicted octanol–water partition coefficient (Wildman–Crippen LogP) is 2.56. The molecule has 29 heavy (non-hydrogen) atoms. The number of benzene rings is 1. The third-order valence-corrected chi connectivity index (χ3v) is 5.15. The molecule has 0 saturated carbocycles. The number of pyridine rings is 1. The summed E-state index contributed by atoms with van der Waals surface area (Å²) in [5.41, 5.74) is 4.21. The number of nitrogens with zero attached hydrogens (tertiary/aromatic N) is 4. The molecular formula is C22H27N5O2. The molecular weight excluding hydrogens is 366 g/mol. The van der Waals surface area contributed by atoms with E-state index in [-0.39, 0.29) is 6.03 Å². The number of ether oxygens (including phenoxy) is 1. The zero-order valence-electron chi connectivity index (χ0n) is 16.8. The molecule has 1 fully saturated rings. The lowest BCUT2D eigenvalue weighted by atomic mass is 10.2. The first-order valence-electron chi connectivity index (χ1n) is 10.0. The van der Waals surface area contributed by atoms with E-state index in [0.717, 1.165) is 43.2 Å². The number of nitrogens with one attached hydrogen (secondary N) is 1. The van der Waals surface area contributed by atoms with Crippen molar-refractivity contribution < 1.29 is 9.53 Å². The van der Waals surface area contributed by atoms with Crippen LogP contribution >= 0.6 is 0 Å². The molecule has 0 unspecified atom stereocenters. The van der Waals surface area contributed by atoms with Crippen molar-refractivity contribution in [1.29, 1.82) is 0 Å². The van der Waals surface area contributed by atoms with Gasteiger partial charge < -0.3 is 24.3 Å². The molecule has 4 rings (SSSR count). The normalized spacial score (nSPS) is 14.2. The Morgan fingerprint density at radius 2 is 1.97 bits per heavy atom. The van der Waals surface area contributed by atoms with Crippen LogP contribution in [-0.4, -0.2) is 60.2 Å². The molecule has 0 aliphatic carbocycles. The molecule has 1 aliphatic rings. The van der Waals surface area contributed by atoms with Crippen LogP contribution in [0.3, 0.4) is 0 Å². The van der Waals surface area contributed by atoms with Crippen LogP contribution < -0.4 is 10.2 Å². The zero-order valence-corrected chi connectivity index (χ0v) is 16.8. The van der Waals surface area contributed by atoms with Crippen molar-refractivity contribution in [1.82, 2.24) is 19.6 Å². The van der Waals surface area contributed by atoms with Crippen molar-refractivity contribution in [3.8, 4) is 0 Å². The van der Waals surface area contributed by atoms with Crippen LogP contribution in [0.25, 0.3) is 5.65 Å². The average Bonchev–Trinajstić information content (AvgIpc) is 3.17. The van der Waals surface area contributed by atoms with Crippen LogP contribution in [0.1, 0.15) is 11.3 Å². The summed E-state index contributed by atoms with van der Waals surface area (Å²) in [6.45, 7) is 4.54. The Kier molecular flexibility index (Phi) is 5.95. The first-order valence-corrected chi connectivity index (χ1v) is 10.0. The summed E-state index contributed by atoms with van der Waals surface area (Å²) in [5.74, 6) is 0. The molecule has 1 aliphatic heterocycles. The van der Waals surface area contributed by atoms with Gasteiger partial charge in [-0.15, -0.1) is 0 Å². The lowest BCUT2D eigenvalue weighted by molar-refractivity contribution is 0.122. The Balaban J connectivity index is 1.24. The summed E-state index contributed by atoms with van der Waals surface area (Å²) in [5, 5.41) is 2.97. The summed E-state index contributed by atoms with van der Waals surface area (Å²) in [7, 11) is 1.82. The van der Waals surface area contributed by atoms with Crippen LogP contribution in [-0.2, 0) is 17.7 Å². The molecule has 3 heterocycles. The average molecular weight is 393 g/mol. The summed E-state index contributed by atoms with van der Waals surface area (Å²) in [6.07, 6.45) is 4.68. The van der Waals surface area contributed by atoms with Gasteiger partial charge in [0.1, 0.15) is 5.65 Å². The first-order chi connectivity index (χ1) is 14.2.